The second-order valence-electron chi connectivity index (χ2n) is 8.21. The number of nitrogens with zero attached hydrogens (tertiary/aromatic N) is 7. The van der Waals surface area contributed by atoms with E-state index in [-0.39, 0.29) is 11.6 Å². The lowest BCUT2D eigenvalue weighted by Gasteiger charge is -2.36. The fourth-order valence-corrected chi connectivity index (χ4v) is 4.71. The van der Waals surface area contributed by atoms with Crippen molar-refractivity contribution in [2.75, 3.05) is 36.0 Å². The normalized spacial score (nSPS) is 21.6. The molecule has 2 saturated heterocycles. The molecule has 0 radical (unpaired) electrons. The Bertz CT molecular complexity index is 1120. The highest BCUT2D eigenvalue weighted by Crippen LogP contribution is 2.40. The minimum Gasteiger partial charge on any atom is -0.369 e. The average molecular weight is 453 g/mol. The summed E-state index contributed by atoms with van der Waals surface area (Å²) >= 11 is 0. The van der Waals surface area contributed by atoms with Crippen LogP contribution in [0.2, 0.25) is 0 Å². The van der Waals surface area contributed by atoms with Crippen LogP contribution in [-0.4, -0.2) is 57.3 Å². The van der Waals surface area contributed by atoms with Crippen molar-refractivity contribution in [2.24, 2.45) is 11.8 Å². The average Bonchev–Trinajstić information content (AvgIpc) is 3.36. The molecule has 2 aliphatic heterocycles. The standard InChI is InChI=1S/C20H20F5N7/c21-17(22)11-32-19-15(5-28-32)27-7-18(29-19)31-8-12-2-4-30(9-13(12)10-31)16-6-26-3-1-14(16)20(23,24)25/h1,3,5-7,12-13,17H,2,4,8-11H2/t12-,13+/m1/s1. The van der Waals surface area contributed by atoms with Gasteiger partial charge in [-0.25, -0.2) is 23.4 Å². The molecular weight excluding hydrogens is 433 g/mol. The molecule has 3 aromatic heterocycles. The summed E-state index contributed by atoms with van der Waals surface area (Å²) in [6.07, 6.45) is -0.825. The lowest BCUT2D eigenvalue weighted by molar-refractivity contribution is -0.137. The van der Waals surface area contributed by atoms with Crippen molar-refractivity contribution in [3.63, 3.8) is 0 Å². The predicted octanol–water partition coefficient (Wildman–Crippen LogP) is 3.47. The number of anilines is 2. The Labute approximate surface area is 179 Å². The number of fused-ring (bicyclic) bond motifs is 2. The van der Waals surface area contributed by atoms with Gasteiger partial charge < -0.3 is 9.80 Å². The molecule has 170 valence electrons. The highest BCUT2D eigenvalue weighted by molar-refractivity contribution is 5.71. The molecule has 5 heterocycles. The smallest absolute Gasteiger partial charge is 0.369 e. The minimum atomic E-state index is -4.44. The van der Waals surface area contributed by atoms with Crippen LogP contribution < -0.4 is 9.80 Å². The van der Waals surface area contributed by atoms with Crippen LogP contribution in [0.1, 0.15) is 12.0 Å². The van der Waals surface area contributed by atoms with Crippen LogP contribution >= 0.6 is 0 Å². The zero-order chi connectivity index (χ0) is 22.5. The van der Waals surface area contributed by atoms with Gasteiger partial charge in [0.25, 0.3) is 6.43 Å². The number of alkyl halides is 5. The number of hydrogen-bond acceptors (Lipinski definition) is 6. The van der Waals surface area contributed by atoms with Crippen LogP contribution in [0, 0.1) is 11.8 Å². The lowest BCUT2D eigenvalue weighted by atomic mass is 9.88. The molecule has 3 aromatic rings. The maximum absolute atomic E-state index is 13.4. The van der Waals surface area contributed by atoms with E-state index in [0.29, 0.717) is 49.1 Å². The van der Waals surface area contributed by atoms with Crippen LogP contribution in [0.4, 0.5) is 33.5 Å². The van der Waals surface area contributed by atoms with Crippen molar-refractivity contribution in [1.29, 1.82) is 0 Å². The first kappa shape index (κ1) is 20.8. The largest absolute Gasteiger partial charge is 0.418 e. The van der Waals surface area contributed by atoms with E-state index in [0.717, 1.165) is 23.4 Å². The highest BCUT2D eigenvalue weighted by Gasteiger charge is 2.41. The first-order valence-corrected chi connectivity index (χ1v) is 10.3. The molecule has 0 aliphatic carbocycles. The van der Waals surface area contributed by atoms with Gasteiger partial charge in [0.05, 0.1) is 29.8 Å². The lowest BCUT2D eigenvalue weighted by Crippen LogP contribution is -2.41. The molecule has 0 unspecified atom stereocenters. The highest BCUT2D eigenvalue weighted by atomic mass is 19.4. The molecular formula is C20H20F5N7. The van der Waals surface area contributed by atoms with E-state index in [2.05, 4.69) is 20.1 Å². The van der Waals surface area contributed by atoms with Crippen LogP contribution in [0.15, 0.2) is 30.9 Å². The predicted molar refractivity (Wildman–Crippen MR) is 107 cm³/mol. The third-order valence-electron chi connectivity index (χ3n) is 6.21. The van der Waals surface area contributed by atoms with Gasteiger partial charge in [0.2, 0.25) is 0 Å². The van der Waals surface area contributed by atoms with Gasteiger partial charge >= 0.3 is 6.18 Å². The van der Waals surface area contributed by atoms with E-state index in [1.165, 1.54) is 12.4 Å². The fourth-order valence-electron chi connectivity index (χ4n) is 4.71. The van der Waals surface area contributed by atoms with E-state index in [4.69, 9.17) is 0 Å². The first-order valence-electron chi connectivity index (χ1n) is 10.3. The molecule has 2 atom stereocenters. The quantitative estimate of drug-likeness (QED) is 0.564. The van der Waals surface area contributed by atoms with E-state index < -0.39 is 24.7 Å². The monoisotopic (exact) mass is 453 g/mol. The molecule has 0 spiro atoms. The SMILES string of the molecule is FC(F)Cn1ncc2ncc(N3C[C@H]4CCN(c5cnccc5C(F)(F)F)C[C@H]4C3)nc21. The number of halogens is 5. The Kier molecular flexibility index (Phi) is 5.09. The number of pyridine rings is 1. The summed E-state index contributed by atoms with van der Waals surface area (Å²) in [4.78, 5) is 16.5. The van der Waals surface area contributed by atoms with E-state index >= 15 is 0 Å². The summed E-state index contributed by atoms with van der Waals surface area (Å²) in [7, 11) is 0. The Morgan fingerprint density at radius 1 is 1.03 bits per heavy atom. The number of piperidine rings is 1. The molecule has 0 N–H and O–H groups in total. The second-order valence-corrected chi connectivity index (χ2v) is 8.21. The van der Waals surface area contributed by atoms with Crippen molar-refractivity contribution in [3.8, 4) is 0 Å². The van der Waals surface area contributed by atoms with Crippen LogP contribution in [-0.2, 0) is 12.7 Å². The Morgan fingerprint density at radius 3 is 2.59 bits per heavy atom. The van der Waals surface area contributed by atoms with Crippen LogP contribution in [0.5, 0.6) is 0 Å². The zero-order valence-electron chi connectivity index (χ0n) is 16.9. The molecule has 12 heteroatoms. The van der Waals surface area contributed by atoms with Gasteiger partial charge in [0, 0.05) is 32.4 Å². The van der Waals surface area contributed by atoms with Crippen molar-refractivity contribution >= 4 is 22.7 Å². The summed E-state index contributed by atoms with van der Waals surface area (Å²) in [5.41, 5.74) is 0.163. The topological polar surface area (TPSA) is 63.0 Å². The number of hydrogen-bond donors (Lipinski definition) is 0. The Hall–Kier alpha value is -3.05. The van der Waals surface area contributed by atoms with Crippen molar-refractivity contribution in [1.82, 2.24) is 24.7 Å². The van der Waals surface area contributed by atoms with Crippen molar-refractivity contribution in [2.45, 2.75) is 25.6 Å². The molecule has 5 rings (SSSR count). The van der Waals surface area contributed by atoms with Gasteiger partial charge in [-0.3, -0.25) is 4.98 Å². The van der Waals surface area contributed by atoms with Crippen LogP contribution in [0.25, 0.3) is 11.2 Å². The van der Waals surface area contributed by atoms with E-state index in [1.54, 1.807) is 11.1 Å². The van der Waals surface area contributed by atoms with Crippen molar-refractivity contribution in [3.05, 3.63) is 36.4 Å². The Morgan fingerprint density at radius 2 is 1.81 bits per heavy atom. The van der Waals surface area contributed by atoms with Gasteiger partial charge in [-0.1, -0.05) is 0 Å². The fraction of sp³-hybridized carbons (Fsp3) is 0.500. The molecule has 0 amide bonds. The van der Waals surface area contributed by atoms with E-state index in [9.17, 15) is 22.0 Å². The van der Waals surface area contributed by atoms with Gasteiger partial charge in [-0.2, -0.15) is 18.3 Å². The number of aromatic nitrogens is 5. The van der Waals surface area contributed by atoms with Gasteiger partial charge in [0.15, 0.2) is 5.65 Å². The number of rotatable bonds is 4. The maximum atomic E-state index is 13.4. The molecule has 0 bridgehead atoms. The van der Waals surface area contributed by atoms with E-state index in [1.807, 2.05) is 4.90 Å². The van der Waals surface area contributed by atoms with Gasteiger partial charge in [0.1, 0.15) is 17.9 Å². The molecule has 7 nitrogen and oxygen atoms in total. The van der Waals surface area contributed by atoms with Crippen molar-refractivity contribution < 1.29 is 22.0 Å². The molecule has 0 aromatic carbocycles. The molecule has 32 heavy (non-hydrogen) atoms. The Balaban J connectivity index is 1.35. The summed E-state index contributed by atoms with van der Waals surface area (Å²) in [5, 5.41) is 3.94. The maximum Gasteiger partial charge on any atom is 0.418 e. The second kappa shape index (κ2) is 7.82. The first-order chi connectivity index (χ1) is 15.3. The summed E-state index contributed by atoms with van der Waals surface area (Å²) in [5.74, 6) is 1.01. The third kappa shape index (κ3) is 3.82. The van der Waals surface area contributed by atoms with Gasteiger partial charge in [-0.15, -0.1) is 0 Å². The van der Waals surface area contributed by atoms with Crippen LogP contribution in [0.3, 0.4) is 0 Å². The molecule has 0 saturated carbocycles. The van der Waals surface area contributed by atoms with Gasteiger partial charge in [-0.05, 0) is 24.3 Å². The minimum absolute atomic E-state index is 0.106. The summed E-state index contributed by atoms with van der Waals surface area (Å²) < 4.78 is 67.1. The molecule has 2 aliphatic rings. The summed E-state index contributed by atoms with van der Waals surface area (Å²) in [6.45, 7) is 1.73. The molecule has 2 fully saturated rings. The zero-order valence-corrected chi connectivity index (χ0v) is 16.9. The summed E-state index contributed by atoms with van der Waals surface area (Å²) in [6, 6.07) is 1.01. The third-order valence-corrected chi connectivity index (χ3v) is 6.21.